The predicted octanol–water partition coefficient (Wildman–Crippen LogP) is 0.221. The van der Waals surface area contributed by atoms with Gasteiger partial charge < -0.3 is 20.6 Å². The highest BCUT2D eigenvalue weighted by Gasteiger charge is 2.21. The number of halogens is 1. The van der Waals surface area contributed by atoms with E-state index < -0.39 is 24.5 Å². The van der Waals surface area contributed by atoms with Gasteiger partial charge in [-0.05, 0) is 18.2 Å². The average molecular weight is 260 g/mol. The van der Waals surface area contributed by atoms with E-state index >= 15 is 0 Å². The first-order valence-corrected chi connectivity index (χ1v) is 4.96. The first-order valence-electron chi connectivity index (χ1n) is 4.58. The number of carboxylic acid groups (broad SMARTS) is 1. The third-order valence-corrected chi connectivity index (χ3v) is 2.22. The molecule has 1 aromatic carbocycles. The van der Waals surface area contributed by atoms with Crippen LogP contribution in [0.1, 0.15) is 10.4 Å². The molecule has 0 radical (unpaired) electrons. The third kappa shape index (κ3) is 3.33. The largest absolute Gasteiger partial charge is 0.507 e. The second-order valence-electron chi connectivity index (χ2n) is 3.21. The van der Waals surface area contributed by atoms with Crippen molar-refractivity contribution in [1.82, 2.24) is 5.32 Å². The summed E-state index contributed by atoms with van der Waals surface area (Å²) in [4.78, 5) is 22.2. The molecule has 7 heteroatoms. The number of hydrogen-bond donors (Lipinski definition) is 4. The van der Waals surface area contributed by atoms with Crippen LogP contribution in [0.25, 0.3) is 0 Å². The molecule has 0 aliphatic rings. The number of carboxylic acids is 1. The van der Waals surface area contributed by atoms with Crippen molar-refractivity contribution in [1.29, 1.82) is 0 Å². The Bertz CT molecular complexity index is 448. The maximum atomic E-state index is 11.6. The quantitative estimate of drug-likeness (QED) is 0.619. The number of phenolic OH excluding ortho intramolecular Hbond substituents is 1. The maximum absolute atomic E-state index is 11.6. The number of rotatable bonds is 4. The smallest absolute Gasteiger partial charge is 0.328 e. The van der Waals surface area contributed by atoms with Crippen LogP contribution >= 0.6 is 11.6 Å². The molecule has 0 aliphatic heterocycles. The van der Waals surface area contributed by atoms with Gasteiger partial charge in [0.1, 0.15) is 5.75 Å². The summed E-state index contributed by atoms with van der Waals surface area (Å²) < 4.78 is 0. The zero-order chi connectivity index (χ0) is 13.0. The number of aliphatic hydroxyl groups excluding tert-OH is 1. The van der Waals surface area contributed by atoms with Crippen LogP contribution in [-0.2, 0) is 4.79 Å². The topological polar surface area (TPSA) is 107 Å². The number of aromatic hydroxyl groups is 1. The highest BCUT2D eigenvalue weighted by Crippen LogP contribution is 2.21. The van der Waals surface area contributed by atoms with E-state index in [1.165, 1.54) is 18.2 Å². The van der Waals surface area contributed by atoms with Gasteiger partial charge >= 0.3 is 5.97 Å². The van der Waals surface area contributed by atoms with E-state index in [1.54, 1.807) is 0 Å². The fraction of sp³-hybridized carbons (Fsp3) is 0.200. The first-order chi connectivity index (χ1) is 7.95. The first kappa shape index (κ1) is 13.3. The molecule has 0 bridgehead atoms. The normalized spacial score (nSPS) is 11.9. The molecule has 1 aromatic rings. The maximum Gasteiger partial charge on any atom is 0.328 e. The van der Waals surface area contributed by atoms with Crippen molar-refractivity contribution >= 4 is 23.5 Å². The summed E-state index contributed by atoms with van der Waals surface area (Å²) in [5.74, 6) is -2.53. The van der Waals surface area contributed by atoms with Gasteiger partial charge in [0.15, 0.2) is 6.04 Å². The van der Waals surface area contributed by atoms with Gasteiger partial charge in [-0.15, -0.1) is 0 Å². The van der Waals surface area contributed by atoms with Crippen molar-refractivity contribution in [2.75, 3.05) is 6.61 Å². The Morgan fingerprint density at radius 3 is 2.59 bits per heavy atom. The Kier molecular flexibility index (Phi) is 4.30. The molecule has 1 amide bonds. The number of phenols is 1. The summed E-state index contributed by atoms with van der Waals surface area (Å²) in [5, 5.41) is 29.0. The van der Waals surface area contributed by atoms with E-state index in [0.717, 1.165) is 0 Å². The van der Waals surface area contributed by atoms with Gasteiger partial charge in [-0.1, -0.05) is 11.6 Å². The second-order valence-corrected chi connectivity index (χ2v) is 3.64. The van der Waals surface area contributed by atoms with E-state index in [1.807, 2.05) is 5.32 Å². The van der Waals surface area contributed by atoms with Gasteiger partial charge in [-0.25, -0.2) is 4.79 Å². The van der Waals surface area contributed by atoms with Crippen LogP contribution in [-0.4, -0.2) is 39.8 Å². The SMILES string of the molecule is O=C(N[C@@H](CO)C(=O)O)c1cc(Cl)ccc1O. The van der Waals surface area contributed by atoms with E-state index in [9.17, 15) is 14.7 Å². The van der Waals surface area contributed by atoms with Crippen molar-refractivity contribution in [2.45, 2.75) is 6.04 Å². The monoisotopic (exact) mass is 259 g/mol. The number of aliphatic carboxylic acids is 1. The number of aliphatic hydroxyl groups is 1. The van der Waals surface area contributed by atoms with E-state index in [4.69, 9.17) is 21.8 Å². The van der Waals surface area contributed by atoms with Crippen LogP contribution in [0, 0.1) is 0 Å². The molecule has 1 rings (SSSR count). The fourth-order valence-corrected chi connectivity index (χ4v) is 1.28. The van der Waals surface area contributed by atoms with Crippen LogP contribution in [0.2, 0.25) is 5.02 Å². The highest BCUT2D eigenvalue weighted by atomic mass is 35.5. The number of carbonyl (C=O) groups excluding carboxylic acids is 1. The van der Waals surface area contributed by atoms with Crippen LogP contribution in [0.15, 0.2) is 18.2 Å². The van der Waals surface area contributed by atoms with Crippen molar-refractivity contribution in [3.63, 3.8) is 0 Å². The van der Waals surface area contributed by atoms with E-state index in [0.29, 0.717) is 0 Å². The summed E-state index contributed by atoms with van der Waals surface area (Å²) in [5.41, 5.74) is -0.155. The van der Waals surface area contributed by atoms with Crippen molar-refractivity contribution in [3.05, 3.63) is 28.8 Å². The summed E-state index contributed by atoms with van der Waals surface area (Å²) in [6.07, 6.45) is 0. The van der Waals surface area contributed by atoms with Gasteiger partial charge in [-0.3, -0.25) is 4.79 Å². The Morgan fingerprint density at radius 1 is 1.41 bits per heavy atom. The molecule has 4 N–H and O–H groups in total. The van der Waals surface area contributed by atoms with Crippen molar-refractivity contribution < 1.29 is 24.9 Å². The zero-order valence-electron chi connectivity index (χ0n) is 8.55. The second kappa shape index (κ2) is 5.51. The zero-order valence-corrected chi connectivity index (χ0v) is 9.31. The molecule has 0 unspecified atom stereocenters. The van der Waals surface area contributed by atoms with Gasteiger partial charge in [0.25, 0.3) is 5.91 Å². The number of nitrogens with one attached hydrogen (secondary N) is 1. The van der Waals surface area contributed by atoms with Crippen LogP contribution in [0.4, 0.5) is 0 Å². The van der Waals surface area contributed by atoms with Gasteiger partial charge in [-0.2, -0.15) is 0 Å². The minimum Gasteiger partial charge on any atom is -0.507 e. The molecule has 0 saturated heterocycles. The lowest BCUT2D eigenvalue weighted by atomic mass is 10.1. The number of benzene rings is 1. The van der Waals surface area contributed by atoms with Crippen LogP contribution in [0.5, 0.6) is 5.75 Å². The lowest BCUT2D eigenvalue weighted by Gasteiger charge is -2.12. The molecule has 0 aromatic heterocycles. The van der Waals surface area contributed by atoms with Crippen molar-refractivity contribution in [2.24, 2.45) is 0 Å². The molecule has 6 nitrogen and oxygen atoms in total. The molecule has 0 heterocycles. The van der Waals surface area contributed by atoms with Gasteiger partial charge in [0.2, 0.25) is 0 Å². The Morgan fingerprint density at radius 2 is 2.06 bits per heavy atom. The van der Waals surface area contributed by atoms with E-state index in [2.05, 4.69) is 0 Å². The summed E-state index contributed by atoms with van der Waals surface area (Å²) in [7, 11) is 0. The third-order valence-electron chi connectivity index (χ3n) is 1.99. The Labute approximate surface area is 101 Å². The molecule has 0 aliphatic carbocycles. The van der Waals surface area contributed by atoms with E-state index in [-0.39, 0.29) is 16.3 Å². The molecule has 0 saturated carbocycles. The predicted molar refractivity (Wildman–Crippen MR) is 59.1 cm³/mol. The minimum absolute atomic E-state index is 0.155. The Balaban J connectivity index is 2.89. The lowest BCUT2D eigenvalue weighted by Crippen LogP contribution is -2.43. The molecule has 1 atom stereocenters. The molecule has 0 spiro atoms. The molecule has 92 valence electrons. The summed E-state index contributed by atoms with van der Waals surface area (Å²) in [6, 6.07) is 2.36. The highest BCUT2D eigenvalue weighted by molar-refractivity contribution is 6.31. The number of hydrogen-bond acceptors (Lipinski definition) is 4. The molecule has 17 heavy (non-hydrogen) atoms. The van der Waals surface area contributed by atoms with Crippen LogP contribution < -0.4 is 5.32 Å². The summed E-state index contributed by atoms with van der Waals surface area (Å²) in [6.45, 7) is -0.748. The Hall–Kier alpha value is -1.79. The van der Waals surface area contributed by atoms with Crippen molar-refractivity contribution in [3.8, 4) is 5.75 Å². The van der Waals surface area contributed by atoms with Crippen LogP contribution in [0.3, 0.4) is 0 Å². The molecular formula is C10H10ClNO5. The lowest BCUT2D eigenvalue weighted by molar-refractivity contribution is -0.140. The fourth-order valence-electron chi connectivity index (χ4n) is 1.11. The van der Waals surface area contributed by atoms with Gasteiger partial charge in [0.05, 0.1) is 12.2 Å². The molecular weight excluding hydrogens is 250 g/mol. The standard InChI is InChI=1S/C10H10ClNO5/c11-5-1-2-8(14)6(3-5)9(15)12-7(4-13)10(16)17/h1-3,7,13-14H,4H2,(H,12,15)(H,16,17)/t7-/m0/s1. The minimum atomic E-state index is -1.43. The summed E-state index contributed by atoms with van der Waals surface area (Å²) >= 11 is 5.64. The number of carbonyl (C=O) groups is 2. The average Bonchev–Trinajstić information content (AvgIpc) is 2.28. The van der Waals surface area contributed by atoms with Gasteiger partial charge in [0, 0.05) is 5.02 Å². The number of amides is 1. The molecule has 0 fully saturated rings.